The number of amides is 2. The number of halogens is 1. The van der Waals surface area contributed by atoms with E-state index in [1.807, 2.05) is 5.32 Å². The van der Waals surface area contributed by atoms with Gasteiger partial charge in [-0.2, -0.15) is 0 Å². The quantitative estimate of drug-likeness (QED) is 0.0971. The van der Waals surface area contributed by atoms with Crippen molar-refractivity contribution in [1.82, 2.24) is 10.6 Å². The largest absolute Gasteiger partial charge is 0.479 e. The number of alkyl halides is 1. The molecule has 0 saturated carbocycles. The van der Waals surface area contributed by atoms with Gasteiger partial charge in [0.25, 0.3) is 5.54 Å². The van der Waals surface area contributed by atoms with Crippen molar-refractivity contribution >= 4 is 52.7 Å². The van der Waals surface area contributed by atoms with Crippen molar-refractivity contribution in [2.75, 3.05) is 19.0 Å². The van der Waals surface area contributed by atoms with Crippen LogP contribution in [0.5, 0.6) is 0 Å². The molecule has 0 aromatic carbocycles. The molecular formula is C15H22ClN5O9. The molecule has 0 aliphatic carbocycles. The number of nitrogens with two attached hydrogens (primary N) is 3. The maximum absolute atomic E-state index is 12.6. The molecule has 30 heavy (non-hydrogen) atoms. The summed E-state index contributed by atoms with van der Waals surface area (Å²) in [6.07, 6.45) is -1.30. The van der Waals surface area contributed by atoms with Crippen molar-refractivity contribution in [2.45, 2.75) is 30.5 Å². The van der Waals surface area contributed by atoms with Gasteiger partial charge in [-0.3, -0.25) is 24.0 Å². The molecule has 0 aromatic heterocycles. The molecule has 0 aromatic rings. The average Bonchev–Trinajstić information content (AvgIpc) is 2.71. The van der Waals surface area contributed by atoms with Crippen molar-refractivity contribution in [2.24, 2.45) is 17.2 Å². The Balaban J connectivity index is 5.59. The van der Waals surface area contributed by atoms with Crippen LogP contribution < -0.4 is 27.8 Å². The zero-order valence-corrected chi connectivity index (χ0v) is 16.3. The Kier molecular flexibility index (Phi) is 10.7. The van der Waals surface area contributed by atoms with E-state index in [1.54, 1.807) is 5.32 Å². The molecule has 2 amide bonds. The molecule has 10 N–H and O–H groups in total. The Labute approximate surface area is 174 Å². The van der Waals surface area contributed by atoms with E-state index in [1.165, 1.54) is 0 Å². The summed E-state index contributed by atoms with van der Waals surface area (Å²) in [5.41, 5.74) is 12.6. The second kappa shape index (κ2) is 11.9. The van der Waals surface area contributed by atoms with Gasteiger partial charge in [-0.25, -0.2) is 9.59 Å². The van der Waals surface area contributed by atoms with Gasteiger partial charge in [0.1, 0.15) is 0 Å². The number of carboxylic acids is 2. The fourth-order valence-corrected chi connectivity index (χ4v) is 2.46. The molecule has 0 spiro atoms. The summed E-state index contributed by atoms with van der Waals surface area (Å²) in [6, 6.07) is -3.77. The lowest BCUT2D eigenvalue weighted by molar-refractivity contribution is -0.157. The van der Waals surface area contributed by atoms with Crippen LogP contribution in [0, 0.1) is 0 Å². The number of carboxylic acid groups (broad SMARTS) is 2. The van der Waals surface area contributed by atoms with Crippen LogP contribution in [-0.4, -0.2) is 87.9 Å². The highest BCUT2D eigenvalue weighted by Crippen LogP contribution is 2.16. The smallest absolute Gasteiger partial charge is 0.345 e. The SMILES string of the molecule is NCC(=O)NC(C(=O)O)C(=O)CCC(N)C(=O)C(NC(=O)CN)(C(=O)O)C(=O)CCl. The van der Waals surface area contributed by atoms with Crippen LogP contribution in [0.15, 0.2) is 0 Å². The molecular weight excluding hydrogens is 430 g/mol. The zero-order valence-electron chi connectivity index (χ0n) is 15.6. The molecule has 0 fully saturated rings. The molecule has 0 aliphatic heterocycles. The molecule has 0 aliphatic rings. The summed E-state index contributed by atoms with van der Waals surface area (Å²) >= 11 is 5.36. The van der Waals surface area contributed by atoms with E-state index in [0.29, 0.717) is 0 Å². The number of ketones is 3. The van der Waals surface area contributed by atoms with E-state index in [0.717, 1.165) is 0 Å². The van der Waals surface area contributed by atoms with E-state index in [-0.39, 0.29) is 0 Å². The van der Waals surface area contributed by atoms with Crippen molar-refractivity contribution in [3.05, 3.63) is 0 Å². The number of hydrogen-bond donors (Lipinski definition) is 7. The van der Waals surface area contributed by atoms with Gasteiger partial charge in [0.15, 0.2) is 23.4 Å². The summed E-state index contributed by atoms with van der Waals surface area (Å²) in [4.78, 5) is 82.5. The standard InChI is InChI=1S/C15H22ClN5O9/c16-3-8(23)15(14(29)30,21-10(25)5-18)12(26)6(19)1-2-7(22)11(13(27)28)20-9(24)4-17/h6,11H,1-5,17-19H2,(H,20,24)(H,21,25)(H,27,28)(H,29,30). The van der Waals surface area contributed by atoms with E-state index in [2.05, 4.69) is 0 Å². The van der Waals surface area contributed by atoms with Crippen LogP contribution in [0.2, 0.25) is 0 Å². The Morgan fingerprint density at radius 3 is 1.90 bits per heavy atom. The van der Waals surface area contributed by atoms with Crippen molar-refractivity contribution < 1.29 is 43.8 Å². The van der Waals surface area contributed by atoms with Gasteiger partial charge in [0.2, 0.25) is 11.8 Å². The Hall–Kier alpha value is -2.94. The lowest BCUT2D eigenvalue weighted by atomic mass is 9.83. The van der Waals surface area contributed by atoms with E-state index in [9.17, 15) is 38.7 Å². The minimum absolute atomic E-state index is 0.586. The molecule has 3 unspecified atom stereocenters. The van der Waals surface area contributed by atoms with Crippen molar-refractivity contribution in [3.63, 3.8) is 0 Å². The van der Waals surface area contributed by atoms with Crippen LogP contribution in [-0.2, 0) is 33.6 Å². The summed E-state index contributed by atoms with van der Waals surface area (Å²) in [6.45, 7) is -1.34. The lowest BCUT2D eigenvalue weighted by Crippen LogP contribution is -2.69. The van der Waals surface area contributed by atoms with Gasteiger partial charge >= 0.3 is 11.9 Å². The van der Waals surface area contributed by atoms with Gasteiger partial charge in [0.05, 0.1) is 25.0 Å². The summed E-state index contributed by atoms with van der Waals surface area (Å²) < 4.78 is 0. The first kappa shape index (κ1) is 27.1. The Bertz CT molecular complexity index is 744. The number of aliphatic carboxylic acids is 2. The van der Waals surface area contributed by atoms with Gasteiger partial charge in [-0.05, 0) is 6.42 Å². The second-order valence-corrected chi connectivity index (χ2v) is 6.15. The maximum Gasteiger partial charge on any atom is 0.345 e. The Morgan fingerprint density at radius 1 is 0.967 bits per heavy atom. The van der Waals surface area contributed by atoms with Crippen LogP contribution in [0.1, 0.15) is 12.8 Å². The number of rotatable bonds is 14. The Morgan fingerprint density at radius 2 is 1.50 bits per heavy atom. The molecule has 168 valence electrons. The third-order valence-electron chi connectivity index (χ3n) is 3.84. The first-order valence-corrected chi connectivity index (χ1v) is 8.80. The number of carbonyl (C=O) groups is 7. The predicted molar refractivity (Wildman–Crippen MR) is 99.1 cm³/mol. The fourth-order valence-electron chi connectivity index (χ4n) is 2.26. The first-order valence-electron chi connectivity index (χ1n) is 8.27. The van der Waals surface area contributed by atoms with Crippen LogP contribution in [0.4, 0.5) is 0 Å². The highest BCUT2D eigenvalue weighted by atomic mass is 35.5. The molecule has 15 heteroatoms. The number of Topliss-reactive ketones (excluding diaryl/α,β-unsaturated/α-hetero) is 3. The summed E-state index contributed by atoms with van der Waals surface area (Å²) in [5.74, 6) is -10.8. The van der Waals surface area contributed by atoms with E-state index in [4.69, 9.17) is 33.9 Å². The van der Waals surface area contributed by atoms with Gasteiger partial charge < -0.3 is 38.0 Å². The normalized spacial score (nSPS) is 14.5. The fraction of sp³-hybridized carbons (Fsp3) is 0.533. The molecule has 14 nitrogen and oxygen atoms in total. The van der Waals surface area contributed by atoms with Crippen molar-refractivity contribution in [1.29, 1.82) is 0 Å². The minimum atomic E-state index is -3.14. The number of carbonyl (C=O) groups excluding carboxylic acids is 5. The molecule has 3 atom stereocenters. The highest BCUT2D eigenvalue weighted by Gasteiger charge is 2.55. The molecule has 0 saturated heterocycles. The summed E-state index contributed by atoms with van der Waals surface area (Å²) in [7, 11) is 0. The summed E-state index contributed by atoms with van der Waals surface area (Å²) in [5, 5.41) is 22.0. The van der Waals surface area contributed by atoms with Gasteiger partial charge in [0, 0.05) is 6.42 Å². The topological polar surface area (TPSA) is 262 Å². The third-order valence-corrected chi connectivity index (χ3v) is 4.08. The number of hydrogen-bond acceptors (Lipinski definition) is 10. The van der Waals surface area contributed by atoms with Crippen LogP contribution in [0.25, 0.3) is 0 Å². The zero-order chi connectivity index (χ0) is 23.6. The predicted octanol–water partition coefficient (Wildman–Crippen LogP) is -4.53. The van der Waals surface area contributed by atoms with Crippen LogP contribution in [0.3, 0.4) is 0 Å². The van der Waals surface area contributed by atoms with Crippen LogP contribution >= 0.6 is 11.6 Å². The molecule has 0 heterocycles. The molecule has 0 radical (unpaired) electrons. The number of nitrogens with one attached hydrogen (secondary N) is 2. The van der Waals surface area contributed by atoms with E-state index >= 15 is 0 Å². The average molecular weight is 452 g/mol. The maximum atomic E-state index is 12.6. The molecule has 0 bridgehead atoms. The minimum Gasteiger partial charge on any atom is -0.479 e. The lowest BCUT2D eigenvalue weighted by Gasteiger charge is -2.29. The van der Waals surface area contributed by atoms with Gasteiger partial charge in [-0.1, -0.05) is 0 Å². The monoisotopic (exact) mass is 451 g/mol. The first-order chi connectivity index (χ1) is 13.9. The molecule has 0 rings (SSSR count). The van der Waals surface area contributed by atoms with Gasteiger partial charge in [-0.15, -0.1) is 11.6 Å². The third kappa shape index (κ3) is 6.55. The second-order valence-electron chi connectivity index (χ2n) is 5.88. The van der Waals surface area contributed by atoms with E-state index < -0.39 is 90.5 Å². The highest BCUT2D eigenvalue weighted by molar-refractivity contribution is 6.38. The van der Waals surface area contributed by atoms with Crippen molar-refractivity contribution in [3.8, 4) is 0 Å².